The molecule has 2 N–H and O–H groups in total. The molecule has 2 atom stereocenters. The van der Waals surface area contributed by atoms with E-state index in [0.717, 1.165) is 5.56 Å². The van der Waals surface area contributed by atoms with E-state index in [-0.39, 0.29) is 0 Å². The first-order valence-electron chi connectivity index (χ1n) is 5.88. The number of thioether (sulfide) groups is 1. The van der Waals surface area contributed by atoms with Crippen molar-refractivity contribution in [3.05, 3.63) is 29.8 Å². The number of likely N-dealkylation sites (tertiary alicyclic amines) is 1. The molecule has 0 aliphatic carbocycles. The fourth-order valence-electron chi connectivity index (χ4n) is 2.28. The molecule has 0 aromatic heterocycles. The van der Waals surface area contributed by atoms with Gasteiger partial charge in [0.05, 0.1) is 6.10 Å². The summed E-state index contributed by atoms with van der Waals surface area (Å²) in [7, 11) is 0. The average molecular weight is 267 g/mol. The molecular formula is C13H17NO3S. The highest BCUT2D eigenvalue weighted by atomic mass is 32.2. The Labute approximate surface area is 111 Å². The maximum Gasteiger partial charge on any atom is 0.321 e. The van der Waals surface area contributed by atoms with E-state index in [9.17, 15) is 9.90 Å². The van der Waals surface area contributed by atoms with Crippen LogP contribution in [0.2, 0.25) is 0 Å². The van der Waals surface area contributed by atoms with Gasteiger partial charge in [0, 0.05) is 24.4 Å². The SMILES string of the molecule is CSc1ccc(CN2CC(O)CC2C(=O)O)cc1. The molecular weight excluding hydrogens is 250 g/mol. The summed E-state index contributed by atoms with van der Waals surface area (Å²) in [5.41, 5.74) is 1.08. The Morgan fingerprint density at radius 3 is 2.67 bits per heavy atom. The Bertz CT molecular complexity index is 421. The lowest BCUT2D eigenvalue weighted by molar-refractivity contribution is -0.142. The Kier molecular flexibility index (Phi) is 4.27. The van der Waals surface area contributed by atoms with Crippen molar-refractivity contribution in [3.63, 3.8) is 0 Å². The van der Waals surface area contributed by atoms with E-state index >= 15 is 0 Å². The fraction of sp³-hybridized carbons (Fsp3) is 0.462. The molecule has 4 nitrogen and oxygen atoms in total. The van der Waals surface area contributed by atoms with Gasteiger partial charge in [-0.15, -0.1) is 11.8 Å². The van der Waals surface area contributed by atoms with Crippen molar-refractivity contribution in [1.29, 1.82) is 0 Å². The highest BCUT2D eigenvalue weighted by Crippen LogP contribution is 2.22. The molecule has 98 valence electrons. The van der Waals surface area contributed by atoms with Crippen molar-refractivity contribution in [3.8, 4) is 0 Å². The molecule has 2 rings (SSSR count). The number of hydrogen-bond acceptors (Lipinski definition) is 4. The van der Waals surface area contributed by atoms with E-state index in [1.807, 2.05) is 35.4 Å². The van der Waals surface area contributed by atoms with Gasteiger partial charge in [-0.1, -0.05) is 12.1 Å². The number of rotatable bonds is 4. The fourth-order valence-corrected chi connectivity index (χ4v) is 2.68. The first-order chi connectivity index (χ1) is 8.60. The first kappa shape index (κ1) is 13.4. The summed E-state index contributed by atoms with van der Waals surface area (Å²) in [5, 5.41) is 18.7. The van der Waals surface area contributed by atoms with Gasteiger partial charge in [-0.3, -0.25) is 9.69 Å². The number of benzene rings is 1. The van der Waals surface area contributed by atoms with Crippen LogP contribution in [0, 0.1) is 0 Å². The number of carboxylic acid groups (broad SMARTS) is 1. The molecule has 5 heteroatoms. The van der Waals surface area contributed by atoms with Crippen LogP contribution < -0.4 is 0 Å². The third-order valence-corrected chi connectivity index (χ3v) is 3.95. The zero-order valence-electron chi connectivity index (χ0n) is 10.2. The predicted molar refractivity (Wildman–Crippen MR) is 70.7 cm³/mol. The van der Waals surface area contributed by atoms with Crippen LogP contribution in [0.15, 0.2) is 29.2 Å². The van der Waals surface area contributed by atoms with Gasteiger partial charge in [0.2, 0.25) is 0 Å². The third-order valence-electron chi connectivity index (χ3n) is 3.21. The lowest BCUT2D eigenvalue weighted by Crippen LogP contribution is -2.35. The largest absolute Gasteiger partial charge is 0.480 e. The van der Waals surface area contributed by atoms with E-state index in [4.69, 9.17) is 5.11 Å². The molecule has 1 saturated heterocycles. The summed E-state index contributed by atoms with van der Waals surface area (Å²) in [6, 6.07) is 7.51. The molecule has 18 heavy (non-hydrogen) atoms. The van der Waals surface area contributed by atoms with Crippen LogP contribution in [0.1, 0.15) is 12.0 Å². The maximum absolute atomic E-state index is 11.1. The second kappa shape index (κ2) is 5.73. The van der Waals surface area contributed by atoms with Gasteiger partial charge in [-0.05, 0) is 24.0 Å². The Balaban J connectivity index is 2.05. The van der Waals surface area contributed by atoms with Crippen LogP contribution in [0.25, 0.3) is 0 Å². The molecule has 0 bridgehead atoms. The summed E-state index contributed by atoms with van der Waals surface area (Å²) >= 11 is 1.68. The number of aliphatic carboxylic acids is 1. The summed E-state index contributed by atoms with van der Waals surface area (Å²) in [4.78, 5) is 14.1. The van der Waals surface area contributed by atoms with Crippen LogP contribution >= 0.6 is 11.8 Å². The normalized spacial score (nSPS) is 24.3. The molecule has 0 saturated carbocycles. The summed E-state index contributed by atoms with van der Waals surface area (Å²) in [6.07, 6.45) is 1.81. The lowest BCUT2D eigenvalue weighted by Gasteiger charge is -2.20. The highest BCUT2D eigenvalue weighted by molar-refractivity contribution is 7.98. The van der Waals surface area contributed by atoms with E-state index in [1.165, 1.54) is 4.90 Å². The Morgan fingerprint density at radius 2 is 2.11 bits per heavy atom. The summed E-state index contributed by atoms with van der Waals surface area (Å²) < 4.78 is 0. The standard InChI is InChI=1S/C13H17NO3S/c1-18-11-4-2-9(3-5-11)7-14-8-10(15)6-12(14)13(16)17/h2-5,10,12,15H,6-8H2,1H3,(H,16,17). The van der Waals surface area contributed by atoms with Gasteiger partial charge in [0.1, 0.15) is 6.04 Å². The van der Waals surface area contributed by atoms with Crippen LogP contribution in [-0.4, -0.2) is 46.0 Å². The van der Waals surface area contributed by atoms with Gasteiger partial charge < -0.3 is 10.2 Å². The molecule has 0 amide bonds. The number of β-amino-alcohol motifs (C(OH)–C–C–N with tert-alkyl or cyclic N) is 1. The minimum absolute atomic E-state index is 0.318. The molecule has 1 fully saturated rings. The number of nitrogens with zero attached hydrogens (tertiary/aromatic N) is 1. The summed E-state index contributed by atoms with van der Waals surface area (Å²) in [5.74, 6) is -0.854. The molecule has 1 aliphatic rings. The van der Waals surface area contributed by atoms with Crippen molar-refractivity contribution in [2.24, 2.45) is 0 Å². The van der Waals surface area contributed by atoms with E-state index in [1.54, 1.807) is 11.8 Å². The highest BCUT2D eigenvalue weighted by Gasteiger charge is 2.35. The molecule has 0 spiro atoms. The predicted octanol–water partition coefficient (Wildman–Crippen LogP) is 1.43. The van der Waals surface area contributed by atoms with Gasteiger partial charge in [-0.25, -0.2) is 0 Å². The quantitative estimate of drug-likeness (QED) is 0.808. The van der Waals surface area contributed by atoms with E-state index in [2.05, 4.69) is 0 Å². The minimum atomic E-state index is -0.854. The number of aliphatic hydroxyl groups is 1. The van der Waals surface area contributed by atoms with Crippen molar-refractivity contribution in [2.75, 3.05) is 12.8 Å². The maximum atomic E-state index is 11.1. The second-order valence-corrected chi connectivity index (χ2v) is 5.40. The minimum Gasteiger partial charge on any atom is -0.480 e. The van der Waals surface area contributed by atoms with Crippen molar-refractivity contribution >= 4 is 17.7 Å². The van der Waals surface area contributed by atoms with Crippen molar-refractivity contribution < 1.29 is 15.0 Å². The van der Waals surface area contributed by atoms with Crippen molar-refractivity contribution in [2.45, 2.75) is 30.0 Å². The molecule has 1 heterocycles. The van der Waals surface area contributed by atoms with E-state index < -0.39 is 18.1 Å². The van der Waals surface area contributed by atoms with Gasteiger partial charge in [0.15, 0.2) is 0 Å². The average Bonchev–Trinajstić information content (AvgIpc) is 2.71. The first-order valence-corrected chi connectivity index (χ1v) is 7.10. The van der Waals surface area contributed by atoms with Gasteiger partial charge in [0.25, 0.3) is 0 Å². The molecule has 1 aromatic rings. The number of carboxylic acids is 1. The van der Waals surface area contributed by atoms with Crippen LogP contribution in [0.5, 0.6) is 0 Å². The number of hydrogen-bond donors (Lipinski definition) is 2. The summed E-state index contributed by atoms with van der Waals surface area (Å²) in [6.45, 7) is 1.00. The lowest BCUT2D eigenvalue weighted by atomic mass is 10.2. The second-order valence-electron chi connectivity index (χ2n) is 4.52. The Hall–Kier alpha value is -1.04. The van der Waals surface area contributed by atoms with Crippen molar-refractivity contribution in [1.82, 2.24) is 4.90 Å². The number of aliphatic hydroxyl groups excluding tert-OH is 1. The van der Waals surface area contributed by atoms with E-state index in [0.29, 0.717) is 19.5 Å². The Morgan fingerprint density at radius 1 is 1.44 bits per heavy atom. The third kappa shape index (κ3) is 3.04. The zero-order chi connectivity index (χ0) is 13.1. The van der Waals surface area contributed by atoms with Crippen LogP contribution in [0.3, 0.4) is 0 Å². The monoisotopic (exact) mass is 267 g/mol. The van der Waals surface area contributed by atoms with Crippen LogP contribution in [-0.2, 0) is 11.3 Å². The smallest absolute Gasteiger partial charge is 0.321 e. The number of carbonyl (C=O) groups is 1. The van der Waals surface area contributed by atoms with Gasteiger partial charge >= 0.3 is 5.97 Å². The zero-order valence-corrected chi connectivity index (χ0v) is 11.1. The molecule has 1 aliphatic heterocycles. The molecule has 1 aromatic carbocycles. The molecule has 2 unspecified atom stereocenters. The van der Waals surface area contributed by atoms with Gasteiger partial charge in [-0.2, -0.15) is 0 Å². The topological polar surface area (TPSA) is 60.8 Å². The van der Waals surface area contributed by atoms with Crippen LogP contribution in [0.4, 0.5) is 0 Å². The molecule has 0 radical (unpaired) electrons.